The summed E-state index contributed by atoms with van der Waals surface area (Å²) < 4.78 is 40.4. The van der Waals surface area contributed by atoms with E-state index >= 15 is 0 Å². The largest absolute Gasteiger partial charge is 0.573 e. The number of rotatable bonds is 3. The highest BCUT2D eigenvalue weighted by molar-refractivity contribution is 5.76. The highest BCUT2D eigenvalue weighted by atomic mass is 19.4. The van der Waals surface area contributed by atoms with Gasteiger partial charge in [-0.15, -0.1) is 13.2 Å². The summed E-state index contributed by atoms with van der Waals surface area (Å²) in [5.74, 6) is -0.216. The molecule has 1 aliphatic heterocycles. The summed E-state index contributed by atoms with van der Waals surface area (Å²) in [4.78, 5) is 2.12. The van der Waals surface area contributed by atoms with Gasteiger partial charge in [-0.1, -0.05) is 24.3 Å². The predicted molar refractivity (Wildman–Crippen MR) is 81.0 cm³/mol. The lowest BCUT2D eigenvalue weighted by molar-refractivity contribution is -0.274. The van der Waals surface area contributed by atoms with E-state index in [0.717, 1.165) is 16.8 Å². The van der Waals surface area contributed by atoms with Crippen LogP contribution in [0.1, 0.15) is 26.3 Å². The summed E-state index contributed by atoms with van der Waals surface area (Å²) in [6.07, 6.45) is 3.30. The van der Waals surface area contributed by atoms with Crippen LogP contribution in [0.3, 0.4) is 0 Å². The molecule has 1 heterocycles. The molecular formula is C17H18F3NO. The SMILES string of the molecule is CC=C1C=CC(c2ccc(OC(F)(F)F)cc2)=CN1C(C)C. The van der Waals surface area contributed by atoms with Gasteiger partial charge in [0.25, 0.3) is 0 Å². The molecule has 1 aromatic rings. The predicted octanol–water partition coefficient (Wildman–Crippen LogP) is 5.11. The van der Waals surface area contributed by atoms with Crippen LogP contribution in [-0.2, 0) is 0 Å². The van der Waals surface area contributed by atoms with Crippen LogP contribution in [0.25, 0.3) is 5.57 Å². The lowest BCUT2D eigenvalue weighted by Gasteiger charge is -2.29. The monoisotopic (exact) mass is 309 g/mol. The Kier molecular flexibility index (Phi) is 4.64. The van der Waals surface area contributed by atoms with Gasteiger partial charge in [0, 0.05) is 17.9 Å². The molecule has 0 bridgehead atoms. The number of allylic oxidation sites excluding steroid dienone is 4. The maximum atomic E-state index is 12.2. The van der Waals surface area contributed by atoms with E-state index < -0.39 is 6.36 Å². The van der Waals surface area contributed by atoms with Crippen molar-refractivity contribution in [2.24, 2.45) is 0 Å². The van der Waals surface area contributed by atoms with Gasteiger partial charge in [-0.05, 0) is 50.1 Å². The van der Waals surface area contributed by atoms with Crippen molar-refractivity contribution in [1.29, 1.82) is 0 Å². The average Bonchev–Trinajstić information content (AvgIpc) is 2.45. The van der Waals surface area contributed by atoms with E-state index in [1.54, 1.807) is 12.1 Å². The Morgan fingerprint density at radius 2 is 1.73 bits per heavy atom. The van der Waals surface area contributed by atoms with Gasteiger partial charge in [-0.3, -0.25) is 0 Å². The van der Waals surface area contributed by atoms with Crippen molar-refractivity contribution in [2.45, 2.75) is 33.2 Å². The fraction of sp³-hybridized carbons (Fsp3) is 0.294. The molecule has 0 unspecified atom stereocenters. The first-order valence-corrected chi connectivity index (χ1v) is 7.01. The molecule has 0 radical (unpaired) electrons. The Balaban J connectivity index is 2.23. The number of hydrogen-bond donors (Lipinski definition) is 0. The molecular weight excluding hydrogens is 291 g/mol. The van der Waals surface area contributed by atoms with Gasteiger partial charge >= 0.3 is 6.36 Å². The van der Waals surface area contributed by atoms with Crippen LogP contribution in [0.2, 0.25) is 0 Å². The van der Waals surface area contributed by atoms with Crippen molar-refractivity contribution in [3.05, 3.63) is 60.0 Å². The molecule has 0 saturated heterocycles. The first-order chi connectivity index (χ1) is 10.3. The summed E-state index contributed by atoms with van der Waals surface area (Å²) in [7, 11) is 0. The van der Waals surface area contributed by atoms with E-state index in [1.165, 1.54) is 12.1 Å². The van der Waals surface area contributed by atoms with E-state index in [1.807, 2.05) is 31.4 Å². The number of benzene rings is 1. The van der Waals surface area contributed by atoms with Crippen LogP contribution in [0.5, 0.6) is 5.75 Å². The molecule has 0 spiro atoms. The molecule has 1 aliphatic rings. The topological polar surface area (TPSA) is 12.5 Å². The third-order valence-corrected chi connectivity index (χ3v) is 3.28. The van der Waals surface area contributed by atoms with E-state index in [2.05, 4.69) is 23.5 Å². The van der Waals surface area contributed by atoms with E-state index in [0.29, 0.717) is 6.04 Å². The summed E-state index contributed by atoms with van der Waals surface area (Å²) in [5.41, 5.74) is 2.88. The van der Waals surface area contributed by atoms with Crippen molar-refractivity contribution in [3.8, 4) is 5.75 Å². The first kappa shape index (κ1) is 16.2. The molecule has 0 aliphatic carbocycles. The minimum atomic E-state index is -4.67. The second kappa shape index (κ2) is 6.30. The average molecular weight is 309 g/mol. The molecule has 0 amide bonds. The molecule has 0 fully saturated rings. The van der Waals surface area contributed by atoms with Crippen LogP contribution in [0.4, 0.5) is 13.2 Å². The number of ether oxygens (including phenoxy) is 1. The van der Waals surface area contributed by atoms with Crippen molar-refractivity contribution in [1.82, 2.24) is 4.90 Å². The summed E-state index contributed by atoms with van der Waals surface area (Å²) in [6.45, 7) is 6.13. The molecule has 2 nitrogen and oxygen atoms in total. The Morgan fingerprint density at radius 1 is 1.09 bits per heavy atom. The highest BCUT2D eigenvalue weighted by Crippen LogP contribution is 2.28. The molecule has 2 rings (SSSR count). The van der Waals surface area contributed by atoms with Gasteiger partial charge < -0.3 is 9.64 Å². The van der Waals surface area contributed by atoms with Gasteiger partial charge in [-0.2, -0.15) is 0 Å². The second-order valence-electron chi connectivity index (χ2n) is 5.20. The smallest absolute Gasteiger partial charge is 0.406 e. The number of halogens is 3. The van der Waals surface area contributed by atoms with Gasteiger partial charge in [0.05, 0.1) is 0 Å². The molecule has 22 heavy (non-hydrogen) atoms. The van der Waals surface area contributed by atoms with Crippen LogP contribution >= 0.6 is 0 Å². The minimum absolute atomic E-state index is 0.216. The number of alkyl halides is 3. The fourth-order valence-corrected chi connectivity index (χ4v) is 2.24. The maximum Gasteiger partial charge on any atom is 0.573 e. The zero-order valence-electron chi connectivity index (χ0n) is 12.7. The molecule has 0 aromatic heterocycles. The lowest BCUT2D eigenvalue weighted by atomic mass is 10.0. The Bertz CT molecular complexity index is 610. The van der Waals surface area contributed by atoms with Crippen molar-refractivity contribution in [3.63, 3.8) is 0 Å². The Morgan fingerprint density at radius 3 is 2.23 bits per heavy atom. The van der Waals surface area contributed by atoms with Crippen molar-refractivity contribution >= 4 is 5.57 Å². The van der Waals surface area contributed by atoms with Crippen LogP contribution in [0, 0.1) is 0 Å². The van der Waals surface area contributed by atoms with Crippen LogP contribution in [0.15, 0.2) is 54.4 Å². The second-order valence-corrected chi connectivity index (χ2v) is 5.20. The number of hydrogen-bond acceptors (Lipinski definition) is 2. The standard InChI is InChI=1S/C17H18F3NO/c1-4-15-8-5-14(11-21(15)12(2)3)13-6-9-16(10-7-13)22-17(18,19)20/h4-12H,1-3H3. The molecule has 0 saturated carbocycles. The fourth-order valence-electron chi connectivity index (χ4n) is 2.24. The zero-order valence-corrected chi connectivity index (χ0v) is 12.7. The quantitative estimate of drug-likeness (QED) is 0.769. The van der Waals surface area contributed by atoms with E-state index in [9.17, 15) is 13.2 Å². The molecule has 5 heteroatoms. The molecule has 0 N–H and O–H groups in total. The highest BCUT2D eigenvalue weighted by Gasteiger charge is 2.31. The van der Waals surface area contributed by atoms with E-state index in [-0.39, 0.29) is 5.75 Å². The van der Waals surface area contributed by atoms with Crippen molar-refractivity contribution in [2.75, 3.05) is 0 Å². The Labute approximate surface area is 128 Å². The molecule has 1 aromatic carbocycles. The third kappa shape index (κ3) is 3.93. The first-order valence-electron chi connectivity index (χ1n) is 7.01. The summed E-state index contributed by atoms with van der Waals surface area (Å²) in [6, 6.07) is 6.18. The minimum Gasteiger partial charge on any atom is -0.406 e. The maximum absolute atomic E-state index is 12.2. The summed E-state index contributed by atoms with van der Waals surface area (Å²) >= 11 is 0. The van der Waals surface area contributed by atoms with Gasteiger partial charge in [0.1, 0.15) is 5.75 Å². The Hall–Kier alpha value is -2.17. The molecule has 0 atom stereocenters. The molecule has 118 valence electrons. The summed E-state index contributed by atoms with van der Waals surface area (Å²) in [5, 5.41) is 0. The van der Waals surface area contributed by atoms with Gasteiger partial charge in [0.15, 0.2) is 0 Å². The van der Waals surface area contributed by atoms with E-state index in [4.69, 9.17) is 0 Å². The van der Waals surface area contributed by atoms with Crippen molar-refractivity contribution < 1.29 is 17.9 Å². The zero-order chi connectivity index (χ0) is 16.3. The third-order valence-electron chi connectivity index (χ3n) is 3.28. The van der Waals surface area contributed by atoms with Crippen LogP contribution < -0.4 is 4.74 Å². The van der Waals surface area contributed by atoms with Crippen LogP contribution in [-0.4, -0.2) is 17.3 Å². The van der Waals surface area contributed by atoms with Gasteiger partial charge in [-0.25, -0.2) is 0 Å². The number of nitrogens with zero attached hydrogens (tertiary/aromatic N) is 1. The lowest BCUT2D eigenvalue weighted by Crippen LogP contribution is -2.25. The van der Waals surface area contributed by atoms with Gasteiger partial charge in [0.2, 0.25) is 0 Å². The normalized spacial score (nSPS) is 17.1.